The molecule has 66 valence electrons. The molecule has 0 aliphatic carbocycles. The van der Waals surface area contributed by atoms with Gasteiger partial charge in [0.15, 0.2) is 5.82 Å². The molecule has 0 saturated heterocycles. The Morgan fingerprint density at radius 2 is 2.08 bits per heavy atom. The zero-order valence-electron chi connectivity index (χ0n) is 6.48. The van der Waals surface area contributed by atoms with Gasteiger partial charge in [-0.1, -0.05) is 0 Å². The molecule has 0 amide bonds. The van der Waals surface area contributed by atoms with Crippen molar-refractivity contribution in [3.8, 4) is 5.82 Å². The quantitative estimate of drug-likeness (QED) is 0.811. The first-order valence-electron chi connectivity index (χ1n) is 3.57. The second kappa shape index (κ2) is 3.59. The van der Waals surface area contributed by atoms with Crippen LogP contribution < -0.4 is 0 Å². The van der Waals surface area contributed by atoms with E-state index in [1.807, 2.05) is 16.8 Å². The Labute approximate surface area is 92.1 Å². The first-order valence-corrected chi connectivity index (χ1v) is 5.16. The molecule has 0 atom stereocenters. The average molecular weight is 303 g/mol. The molecule has 0 saturated carbocycles. The van der Waals surface area contributed by atoms with Crippen molar-refractivity contribution in [3.63, 3.8) is 0 Å². The molecule has 0 spiro atoms. The fraction of sp³-hybridized carbons (Fsp3) is 0. The van der Waals surface area contributed by atoms with E-state index in [0.717, 1.165) is 14.8 Å². The summed E-state index contributed by atoms with van der Waals surface area (Å²) in [4.78, 5) is 8.18. The minimum absolute atomic E-state index is 0.826. The molecule has 5 heteroatoms. The Hall–Kier alpha value is -0.680. The van der Waals surface area contributed by atoms with Crippen LogP contribution in [0, 0.1) is 0 Å². The zero-order chi connectivity index (χ0) is 9.26. The SMILES string of the molecule is Brc1ccnc(-n2ccnc2)c1Br. The van der Waals surface area contributed by atoms with E-state index in [1.54, 1.807) is 18.7 Å². The summed E-state index contributed by atoms with van der Waals surface area (Å²) in [6.45, 7) is 0. The second-order valence-corrected chi connectivity index (χ2v) is 4.05. The lowest BCUT2D eigenvalue weighted by Gasteiger charge is -2.04. The van der Waals surface area contributed by atoms with Gasteiger partial charge < -0.3 is 0 Å². The van der Waals surface area contributed by atoms with Crippen molar-refractivity contribution in [2.45, 2.75) is 0 Å². The number of imidazole rings is 1. The number of halogens is 2. The van der Waals surface area contributed by atoms with Crippen molar-refractivity contribution in [2.75, 3.05) is 0 Å². The van der Waals surface area contributed by atoms with Crippen LogP contribution in [0.4, 0.5) is 0 Å². The monoisotopic (exact) mass is 301 g/mol. The molecular formula is C8H5Br2N3. The third-order valence-electron chi connectivity index (χ3n) is 1.57. The Kier molecular flexibility index (Phi) is 2.46. The summed E-state index contributed by atoms with van der Waals surface area (Å²) in [7, 11) is 0. The van der Waals surface area contributed by atoms with E-state index < -0.39 is 0 Å². The standard InChI is InChI=1S/C8H5Br2N3/c9-6-1-2-12-8(7(6)10)13-4-3-11-5-13/h1-5H. The van der Waals surface area contributed by atoms with E-state index in [1.165, 1.54) is 0 Å². The Morgan fingerprint density at radius 3 is 2.77 bits per heavy atom. The van der Waals surface area contributed by atoms with Gasteiger partial charge in [0.1, 0.15) is 6.33 Å². The van der Waals surface area contributed by atoms with Gasteiger partial charge in [0.05, 0.1) is 4.47 Å². The van der Waals surface area contributed by atoms with Crippen LogP contribution in [-0.2, 0) is 0 Å². The van der Waals surface area contributed by atoms with Crippen LogP contribution in [0.3, 0.4) is 0 Å². The van der Waals surface area contributed by atoms with Crippen molar-refractivity contribution in [1.29, 1.82) is 0 Å². The number of hydrogen-bond acceptors (Lipinski definition) is 2. The topological polar surface area (TPSA) is 30.7 Å². The van der Waals surface area contributed by atoms with E-state index in [9.17, 15) is 0 Å². The summed E-state index contributed by atoms with van der Waals surface area (Å²) in [6, 6.07) is 1.88. The van der Waals surface area contributed by atoms with Crippen molar-refractivity contribution >= 4 is 31.9 Å². The number of hydrogen-bond donors (Lipinski definition) is 0. The highest BCUT2D eigenvalue weighted by Gasteiger charge is 2.05. The van der Waals surface area contributed by atoms with Crippen LogP contribution in [0.25, 0.3) is 5.82 Å². The second-order valence-electron chi connectivity index (χ2n) is 2.40. The lowest BCUT2D eigenvalue weighted by molar-refractivity contribution is 0.981. The molecule has 0 radical (unpaired) electrons. The van der Waals surface area contributed by atoms with Gasteiger partial charge in [-0.05, 0) is 37.9 Å². The smallest absolute Gasteiger partial charge is 0.153 e. The molecule has 0 bridgehead atoms. The van der Waals surface area contributed by atoms with E-state index in [2.05, 4.69) is 41.8 Å². The summed E-state index contributed by atoms with van der Waals surface area (Å²) in [5.74, 6) is 0.826. The van der Waals surface area contributed by atoms with Crippen LogP contribution >= 0.6 is 31.9 Å². The molecule has 2 rings (SSSR count). The molecule has 0 fully saturated rings. The first-order chi connectivity index (χ1) is 6.29. The van der Waals surface area contributed by atoms with Gasteiger partial charge in [0.2, 0.25) is 0 Å². The predicted molar refractivity (Wildman–Crippen MR) is 56.8 cm³/mol. The maximum atomic E-state index is 4.23. The maximum absolute atomic E-state index is 4.23. The van der Waals surface area contributed by atoms with Crippen LogP contribution in [-0.4, -0.2) is 14.5 Å². The van der Waals surface area contributed by atoms with Crippen LogP contribution in [0.5, 0.6) is 0 Å². The maximum Gasteiger partial charge on any atom is 0.153 e. The van der Waals surface area contributed by atoms with Gasteiger partial charge in [0, 0.05) is 23.1 Å². The molecular weight excluding hydrogens is 298 g/mol. The summed E-state index contributed by atoms with van der Waals surface area (Å²) >= 11 is 6.85. The molecule has 0 aliphatic rings. The van der Waals surface area contributed by atoms with Gasteiger partial charge in [0.25, 0.3) is 0 Å². The van der Waals surface area contributed by atoms with Gasteiger partial charge in [-0.25, -0.2) is 9.97 Å². The molecule has 2 aromatic heterocycles. The Bertz CT molecular complexity index is 411. The van der Waals surface area contributed by atoms with Gasteiger partial charge >= 0.3 is 0 Å². The summed E-state index contributed by atoms with van der Waals surface area (Å²) in [6.07, 6.45) is 7.01. The van der Waals surface area contributed by atoms with Crippen LogP contribution in [0.2, 0.25) is 0 Å². The fourth-order valence-corrected chi connectivity index (χ4v) is 1.71. The Balaban J connectivity index is 2.59. The van der Waals surface area contributed by atoms with Crippen LogP contribution in [0.1, 0.15) is 0 Å². The first kappa shape index (κ1) is 8.90. The fourth-order valence-electron chi connectivity index (χ4n) is 0.974. The van der Waals surface area contributed by atoms with Crippen LogP contribution in [0.15, 0.2) is 39.9 Å². The minimum Gasteiger partial charge on any atom is -0.290 e. The van der Waals surface area contributed by atoms with Gasteiger partial charge in [-0.3, -0.25) is 4.57 Å². The highest BCUT2D eigenvalue weighted by atomic mass is 79.9. The third kappa shape index (κ3) is 1.66. The minimum atomic E-state index is 0.826. The number of rotatable bonds is 1. The van der Waals surface area contributed by atoms with Crippen molar-refractivity contribution in [1.82, 2.24) is 14.5 Å². The molecule has 13 heavy (non-hydrogen) atoms. The normalized spacial score (nSPS) is 10.3. The lowest BCUT2D eigenvalue weighted by atomic mass is 10.4. The van der Waals surface area contributed by atoms with E-state index in [4.69, 9.17) is 0 Å². The van der Waals surface area contributed by atoms with Crippen molar-refractivity contribution < 1.29 is 0 Å². The molecule has 2 aromatic rings. The van der Waals surface area contributed by atoms with E-state index in [0.29, 0.717) is 0 Å². The number of nitrogens with zero attached hydrogens (tertiary/aromatic N) is 3. The lowest BCUT2D eigenvalue weighted by Crippen LogP contribution is -1.95. The average Bonchev–Trinajstić information content (AvgIpc) is 2.62. The summed E-state index contributed by atoms with van der Waals surface area (Å²) < 4.78 is 3.74. The highest BCUT2D eigenvalue weighted by Crippen LogP contribution is 2.26. The van der Waals surface area contributed by atoms with Crippen molar-refractivity contribution in [3.05, 3.63) is 39.9 Å². The molecule has 2 heterocycles. The van der Waals surface area contributed by atoms with E-state index in [-0.39, 0.29) is 0 Å². The largest absolute Gasteiger partial charge is 0.290 e. The molecule has 0 N–H and O–H groups in total. The molecule has 3 nitrogen and oxygen atoms in total. The molecule has 0 aromatic carbocycles. The molecule has 0 unspecified atom stereocenters. The number of pyridine rings is 1. The number of aromatic nitrogens is 3. The predicted octanol–water partition coefficient (Wildman–Crippen LogP) is 2.79. The zero-order valence-corrected chi connectivity index (χ0v) is 9.66. The summed E-state index contributed by atoms with van der Waals surface area (Å²) in [5, 5.41) is 0. The van der Waals surface area contributed by atoms with E-state index >= 15 is 0 Å². The third-order valence-corrected chi connectivity index (χ3v) is 3.55. The summed E-state index contributed by atoms with van der Waals surface area (Å²) in [5.41, 5.74) is 0. The highest BCUT2D eigenvalue weighted by molar-refractivity contribution is 9.13. The van der Waals surface area contributed by atoms with Crippen molar-refractivity contribution in [2.24, 2.45) is 0 Å². The van der Waals surface area contributed by atoms with Gasteiger partial charge in [-0.2, -0.15) is 0 Å². The van der Waals surface area contributed by atoms with Gasteiger partial charge in [-0.15, -0.1) is 0 Å². The molecule has 0 aliphatic heterocycles. The Morgan fingerprint density at radius 1 is 1.23 bits per heavy atom.